The topological polar surface area (TPSA) is 73.0 Å². The molecule has 1 N–H and O–H groups in total. The zero-order valence-corrected chi connectivity index (χ0v) is 15.9. The highest BCUT2D eigenvalue weighted by Gasteiger charge is 2.16. The van der Waals surface area contributed by atoms with E-state index in [1.165, 1.54) is 11.3 Å². The Morgan fingerprint density at radius 2 is 1.96 bits per heavy atom. The molecule has 5 aromatic rings. The van der Waals surface area contributed by atoms with E-state index in [1.807, 2.05) is 43.4 Å². The molecule has 0 saturated heterocycles. The normalized spacial score (nSPS) is 11.3. The van der Waals surface area contributed by atoms with Crippen molar-refractivity contribution >= 4 is 39.2 Å². The van der Waals surface area contributed by atoms with Crippen molar-refractivity contribution in [1.29, 1.82) is 0 Å². The lowest BCUT2D eigenvalue weighted by Gasteiger charge is -2.01. The van der Waals surface area contributed by atoms with Crippen LogP contribution in [0.3, 0.4) is 0 Å². The fourth-order valence-electron chi connectivity index (χ4n) is 3.23. The lowest BCUT2D eigenvalue weighted by Crippen LogP contribution is -2.23. The van der Waals surface area contributed by atoms with Crippen molar-refractivity contribution < 1.29 is 9.21 Å². The summed E-state index contributed by atoms with van der Waals surface area (Å²) in [5.41, 5.74) is 4.00. The number of carbonyl (C=O) groups is 1. The number of rotatable bonds is 4. The summed E-state index contributed by atoms with van der Waals surface area (Å²) in [7, 11) is 2.01. The fourth-order valence-corrected chi connectivity index (χ4v) is 4.08. The summed E-state index contributed by atoms with van der Waals surface area (Å²) in [4.78, 5) is 21.4. The molecule has 0 aliphatic carbocycles. The van der Waals surface area contributed by atoms with E-state index in [9.17, 15) is 4.79 Å². The van der Waals surface area contributed by atoms with Gasteiger partial charge in [-0.3, -0.25) is 4.79 Å². The molecule has 0 bridgehead atoms. The van der Waals surface area contributed by atoms with E-state index in [1.54, 1.807) is 5.38 Å². The molecule has 0 atom stereocenters. The number of nitrogens with one attached hydrogen (secondary N) is 1. The summed E-state index contributed by atoms with van der Waals surface area (Å²) in [6.07, 6.45) is 0. The molecule has 0 aliphatic rings. The first-order chi connectivity index (χ1) is 13.7. The monoisotopic (exact) mass is 388 g/mol. The van der Waals surface area contributed by atoms with Crippen LogP contribution in [0.25, 0.3) is 32.7 Å². The molecular weight excluding hydrogens is 372 g/mol. The summed E-state index contributed by atoms with van der Waals surface area (Å²) < 4.78 is 7.72. The van der Waals surface area contributed by atoms with Gasteiger partial charge >= 0.3 is 0 Å². The number of nitrogens with zero attached hydrogens (tertiary/aromatic N) is 3. The van der Waals surface area contributed by atoms with Gasteiger partial charge in [-0.25, -0.2) is 9.97 Å². The van der Waals surface area contributed by atoms with Crippen LogP contribution in [-0.4, -0.2) is 20.4 Å². The van der Waals surface area contributed by atoms with Gasteiger partial charge in [-0.2, -0.15) is 0 Å². The second kappa shape index (κ2) is 6.61. The van der Waals surface area contributed by atoms with Gasteiger partial charge in [-0.05, 0) is 24.3 Å². The standard InChI is InChI=1S/C21H16N4O2S/c1-25-16-8-4-2-6-13(16)10-17(25)21-24-15(12-28-21)20(26)22-11-19-23-14-7-3-5-9-18(14)27-19/h2-10,12H,11H2,1H3,(H,22,26). The molecule has 28 heavy (non-hydrogen) atoms. The molecule has 138 valence electrons. The number of thiazole rings is 1. The van der Waals surface area contributed by atoms with Gasteiger partial charge in [0.25, 0.3) is 5.91 Å². The van der Waals surface area contributed by atoms with Gasteiger partial charge in [0, 0.05) is 23.3 Å². The average molecular weight is 388 g/mol. The first-order valence-electron chi connectivity index (χ1n) is 8.82. The van der Waals surface area contributed by atoms with Crippen molar-refractivity contribution in [2.24, 2.45) is 7.05 Å². The number of amides is 1. The van der Waals surface area contributed by atoms with E-state index in [-0.39, 0.29) is 12.5 Å². The van der Waals surface area contributed by atoms with E-state index in [0.717, 1.165) is 27.1 Å². The van der Waals surface area contributed by atoms with Gasteiger partial charge in [0.15, 0.2) is 5.58 Å². The van der Waals surface area contributed by atoms with Crippen molar-refractivity contribution in [2.75, 3.05) is 0 Å². The van der Waals surface area contributed by atoms with Crippen molar-refractivity contribution in [2.45, 2.75) is 6.54 Å². The zero-order chi connectivity index (χ0) is 19.1. The third kappa shape index (κ3) is 2.86. The molecule has 0 fully saturated rings. The maximum absolute atomic E-state index is 12.5. The number of para-hydroxylation sites is 3. The van der Waals surface area contributed by atoms with Crippen LogP contribution >= 0.6 is 11.3 Å². The van der Waals surface area contributed by atoms with Gasteiger partial charge in [0.05, 0.1) is 12.2 Å². The minimum atomic E-state index is -0.247. The van der Waals surface area contributed by atoms with Crippen molar-refractivity contribution in [3.8, 4) is 10.7 Å². The van der Waals surface area contributed by atoms with E-state index in [2.05, 4.69) is 38.1 Å². The number of aromatic nitrogens is 3. The van der Waals surface area contributed by atoms with E-state index < -0.39 is 0 Å². The maximum Gasteiger partial charge on any atom is 0.271 e. The molecule has 3 aromatic heterocycles. The van der Waals surface area contributed by atoms with Crippen LogP contribution in [0.1, 0.15) is 16.4 Å². The lowest BCUT2D eigenvalue weighted by molar-refractivity contribution is 0.0943. The van der Waals surface area contributed by atoms with Gasteiger partial charge < -0.3 is 14.3 Å². The molecule has 0 spiro atoms. The second-order valence-corrected chi connectivity index (χ2v) is 7.30. The maximum atomic E-state index is 12.5. The third-order valence-electron chi connectivity index (χ3n) is 4.65. The van der Waals surface area contributed by atoms with Crippen molar-refractivity contribution in [3.63, 3.8) is 0 Å². The fraction of sp³-hybridized carbons (Fsp3) is 0.0952. The van der Waals surface area contributed by atoms with Crippen molar-refractivity contribution in [1.82, 2.24) is 19.9 Å². The Balaban J connectivity index is 1.35. The minimum absolute atomic E-state index is 0.217. The molecular formula is C21H16N4O2S. The molecule has 0 saturated carbocycles. The molecule has 2 aromatic carbocycles. The Bertz CT molecular complexity index is 1280. The number of oxazole rings is 1. The van der Waals surface area contributed by atoms with E-state index in [4.69, 9.17) is 4.42 Å². The summed E-state index contributed by atoms with van der Waals surface area (Å²) in [6, 6.07) is 17.8. The predicted octanol–water partition coefficient (Wildman–Crippen LogP) is 4.37. The van der Waals surface area contributed by atoms with Crippen LogP contribution in [-0.2, 0) is 13.6 Å². The third-order valence-corrected chi connectivity index (χ3v) is 5.51. The van der Waals surface area contributed by atoms with Crippen LogP contribution in [0.15, 0.2) is 64.4 Å². The van der Waals surface area contributed by atoms with E-state index >= 15 is 0 Å². The molecule has 0 radical (unpaired) electrons. The smallest absolute Gasteiger partial charge is 0.271 e. The van der Waals surface area contributed by atoms with Crippen LogP contribution in [0.4, 0.5) is 0 Å². The number of fused-ring (bicyclic) bond motifs is 2. The van der Waals surface area contributed by atoms with Crippen LogP contribution < -0.4 is 5.32 Å². The highest BCUT2D eigenvalue weighted by Crippen LogP contribution is 2.29. The Kier molecular flexibility index (Phi) is 3.95. The first-order valence-corrected chi connectivity index (χ1v) is 9.70. The Morgan fingerprint density at radius 3 is 2.82 bits per heavy atom. The summed E-state index contributed by atoms with van der Waals surface area (Å²) in [6.45, 7) is 0.217. The number of hydrogen-bond donors (Lipinski definition) is 1. The number of benzene rings is 2. The number of carbonyl (C=O) groups excluding carboxylic acids is 1. The van der Waals surface area contributed by atoms with Gasteiger partial charge in [-0.15, -0.1) is 11.3 Å². The summed E-state index contributed by atoms with van der Waals surface area (Å²) in [5.74, 6) is 0.224. The first kappa shape index (κ1) is 16.7. The molecule has 0 unspecified atom stereocenters. The van der Waals surface area contributed by atoms with Crippen LogP contribution in [0.5, 0.6) is 0 Å². The second-order valence-electron chi connectivity index (χ2n) is 6.44. The quantitative estimate of drug-likeness (QED) is 0.496. The molecule has 6 nitrogen and oxygen atoms in total. The lowest BCUT2D eigenvalue weighted by atomic mass is 10.2. The van der Waals surface area contributed by atoms with Crippen molar-refractivity contribution in [3.05, 3.63) is 71.6 Å². The molecule has 0 aliphatic heterocycles. The SMILES string of the molecule is Cn1c(-c2nc(C(=O)NCc3nc4ccccc4o3)cs2)cc2ccccc21. The highest BCUT2D eigenvalue weighted by atomic mass is 32.1. The minimum Gasteiger partial charge on any atom is -0.439 e. The van der Waals surface area contributed by atoms with E-state index in [0.29, 0.717) is 17.2 Å². The van der Waals surface area contributed by atoms with Crippen LogP contribution in [0, 0.1) is 0 Å². The number of aryl methyl sites for hydroxylation is 1. The largest absolute Gasteiger partial charge is 0.439 e. The van der Waals surface area contributed by atoms with Gasteiger partial charge in [-0.1, -0.05) is 30.3 Å². The highest BCUT2D eigenvalue weighted by molar-refractivity contribution is 7.13. The molecule has 5 rings (SSSR count). The predicted molar refractivity (Wildman–Crippen MR) is 109 cm³/mol. The van der Waals surface area contributed by atoms with Gasteiger partial charge in [0.1, 0.15) is 16.2 Å². The zero-order valence-electron chi connectivity index (χ0n) is 15.0. The average Bonchev–Trinajstić information content (AvgIpc) is 3.43. The summed E-state index contributed by atoms with van der Waals surface area (Å²) >= 11 is 1.45. The number of hydrogen-bond acceptors (Lipinski definition) is 5. The van der Waals surface area contributed by atoms with Gasteiger partial charge in [0.2, 0.25) is 5.89 Å². The molecule has 1 amide bonds. The Labute approximate surface area is 164 Å². The Hall–Kier alpha value is -3.45. The molecule has 3 heterocycles. The Morgan fingerprint density at radius 1 is 1.14 bits per heavy atom. The summed E-state index contributed by atoms with van der Waals surface area (Å²) in [5, 5.41) is 6.56. The van der Waals surface area contributed by atoms with Crippen LogP contribution in [0.2, 0.25) is 0 Å². The molecule has 7 heteroatoms.